The molecule has 1 aromatic carbocycles. The number of rotatable bonds is 4. The molecule has 1 aliphatic rings. The first kappa shape index (κ1) is 9.86. The van der Waals surface area contributed by atoms with Crippen LogP contribution in [0.3, 0.4) is 0 Å². The van der Waals surface area contributed by atoms with Gasteiger partial charge in [0.15, 0.2) is 0 Å². The van der Waals surface area contributed by atoms with Crippen molar-refractivity contribution in [2.45, 2.75) is 13.0 Å². The van der Waals surface area contributed by atoms with Crippen molar-refractivity contribution in [3.05, 3.63) is 29.3 Å². The molecule has 15 heavy (non-hydrogen) atoms. The lowest BCUT2D eigenvalue weighted by molar-refractivity contribution is -0.115. The van der Waals surface area contributed by atoms with Crippen LogP contribution in [0.5, 0.6) is 0 Å². The lowest BCUT2D eigenvalue weighted by Gasteiger charge is -2.04. The summed E-state index contributed by atoms with van der Waals surface area (Å²) in [5.74, 6) is 0.0444. The third-order valence-corrected chi connectivity index (χ3v) is 2.35. The van der Waals surface area contributed by atoms with E-state index in [1.54, 1.807) is 0 Å². The summed E-state index contributed by atoms with van der Waals surface area (Å²) in [4.78, 5) is 21.2. The summed E-state index contributed by atoms with van der Waals surface area (Å²) in [6, 6.07) is 5.84. The van der Waals surface area contributed by atoms with E-state index >= 15 is 0 Å². The highest BCUT2D eigenvalue weighted by atomic mass is 16.1. The van der Waals surface area contributed by atoms with Crippen molar-refractivity contribution < 1.29 is 9.59 Å². The zero-order valence-electron chi connectivity index (χ0n) is 8.25. The molecule has 0 radical (unpaired) electrons. The maximum absolute atomic E-state index is 11.1. The van der Waals surface area contributed by atoms with E-state index in [-0.39, 0.29) is 5.91 Å². The number of anilines is 1. The van der Waals surface area contributed by atoms with E-state index in [0.29, 0.717) is 19.5 Å². The van der Waals surface area contributed by atoms with E-state index in [0.717, 1.165) is 23.1 Å². The molecule has 2 N–H and O–H groups in total. The second-order valence-electron chi connectivity index (χ2n) is 3.51. The minimum atomic E-state index is 0.0444. The Balaban J connectivity index is 2.06. The van der Waals surface area contributed by atoms with E-state index < -0.39 is 0 Å². The molecule has 0 unspecified atom stereocenters. The molecule has 4 nitrogen and oxygen atoms in total. The predicted octanol–water partition coefficient (Wildman–Crippen LogP) is 0.470. The highest BCUT2D eigenvalue weighted by molar-refractivity contribution is 5.99. The van der Waals surface area contributed by atoms with E-state index in [2.05, 4.69) is 10.6 Å². The molecule has 0 atom stereocenters. The number of fused-ring (bicyclic) bond motifs is 1. The highest BCUT2D eigenvalue weighted by Crippen LogP contribution is 2.23. The van der Waals surface area contributed by atoms with Crippen LogP contribution in [-0.4, -0.2) is 18.7 Å². The number of carbonyl (C=O) groups excluding carboxylic acids is 2. The maximum Gasteiger partial charge on any atom is 0.228 e. The monoisotopic (exact) mass is 204 g/mol. The Labute approximate surface area is 87.7 Å². The van der Waals surface area contributed by atoms with Crippen LogP contribution in [0.25, 0.3) is 0 Å². The Morgan fingerprint density at radius 3 is 3.13 bits per heavy atom. The van der Waals surface area contributed by atoms with Gasteiger partial charge in [-0.05, 0) is 17.2 Å². The van der Waals surface area contributed by atoms with Crippen LogP contribution < -0.4 is 10.6 Å². The van der Waals surface area contributed by atoms with Gasteiger partial charge in [0.25, 0.3) is 0 Å². The molecule has 0 aromatic heterocycles. The summed E-state index contributed by atoms with van der Waals surface area (Å²) in [7, 11) is 0. The fourth-order valence-corrected chi connectivity index (χ4v) is 1.67. The average Bonchev–Trinajstić information content (AvgIpc) is 2.57. The van der Waals surface area contributed by atoms with E-state index in [9.17, 15) is 9.59 Å². The van der Waals surface area contributed by atoms with Crippen LogP contribution in [0, 0.1) is 0 Å². The molecular weight excluding hydrogens is 192 g/mol. The summed E-state index contributed by atoms with van der Waals surface area (Å²) >= 11 is 0. The van der Waals surface area contributed by atoms with Gasteiger partial charge in [0, 0.05) is 12.2 Å². The largest absolute Gasteiger partial charge is 0.326 e. The van der Waals surface area contributed by atoms with Gasteiger partial charge in [-0.15, -0.1) is 0 Å². The normalized spacial score (nSPS) is 13.5. The fourth-order valence-electron chi connectivity index (χ4n) is 1.67. The molecule has 1 aromatic rings. The molecule has 0 saturated carbocycles. The lowest BCUT2D eigenvalue weighted by Crippen LogP contribution is -2.15. The second kappa shape index (κ2) is 4.23. The first-order valence-corrected chi connectivity index (χ1v) is 4.85. The second-order valence-corrected chi connectivity index (χ2v) is 3.51. The van der Waals surface area contributed by atoms with Crippen molar-refractivity contribution in [3.63, 3.8) is 0 Å². The number of hydrogen-bond acceptors (Lipinski definition) is 3. The summed E-state index contributed by atoms with van der Waals surface area (Å²) < 4.78 is 0. The zero-order chi connectivity index (χ0) is 10.7. The standard InChI is InChI=1S/C11H12N2O2/c14-4-3-12-7-8-1-2-10-9(5-8)6-11(15)13-10/h1-2,4-5,12H,3,6-7H2,(H,13,15). The first-order valence-electron chi connectivity index (χ1n) is 4.85. The number of carbonyl (C=O) groups is 2. The highest BCUT2D eigenvalue weighted by Gasteiger charge is 2.16. The minimum absolute atomic E-state index is 0.0444. The van der Waals surface area contributed by atoms with Crippen LogP contribution in [0.4, 0.5) is 5.69 Å². The topological polar surface area (TPSA) is 58.2 Å². The fraction of sp³-hybridized carbons (Fsp3) is 0.273. The third kappa shape index (κ3) is 2.22. The molecule has 1 aliphatic heterocycles. The molecule has 2 rings (SSSR count). The van der Waals surface area contributed by atoms with Gasteiger partial charge in [-0.3, -0.25) is 4.79 Å². The van der Waals surface area contributed by atoms with E-state index in [4.69, 9.17) is 0 Å². The quantitative estimate of drug-likeness (QED) is 0.553. The molecule has 78 valence electrons. The summed E-state index contributed by atoms with van der Waals surface area (Å²) in [6.45, 7) is 1.01. The van der Waals surface area contributed by atoms with E-state index in [1.807, 2.05) is 18.2 Å². The maximum atomic E-state index is 11.1. The molecule has 0 fully saturated rings. The zero-order valence-corrected chi connectivity index (χ0v) is 8.25. The number of nitrogens with one attached hydrogen (secondary N) is 2. The van der Waals surface area contributed by atoms with Crippen molar-refractivity contribution in [2.75, 3.05) is 11.9 Å². The third-order valence-electron chi connectivity index (χ3n) is 2.35. The van der Waals surface area contributed by atoms with Gasteiger partial charge in [0.2, 0.25) is 5.91 Å². The number of benzene rings is 1. The number of amides is 1. The summed E-state index contributed by atoms with van der Waals surface area (Å²) in [6.07, 6.45) is 1.29. The first-order chi connectivity index (χ1) is 7.29. The van der Waals surface area contributed by atoms with Gasteiger partial charge >= 0.3 is 0 Å². The molecule has 0 saturated heterocycles. The van der Waals surface area contributed by atoms with Gasteiger partial charge < -0.3 is 15.4 Å². The molecule has 0 aliphatic carbocycles. The molecular formula is C11H12N2O2. The Kier molecular flexibility index (Phi) is 2.78. The van der Waals surface area contributed by atoms with Crippen LogP contribution in [0.2, 0.25) is 0 Å². The Bertz CT molecular complexity index is 402. The smallest absolute Gasteiger partial charge is 0.228 e. The Morgan fingerprint density at radius 2 is 2.33 bits per heavy atom. The SMILES string of the molecule is O=CCNCc1ccc2c(c1)CC(=O)N2. The number of aldehydes is 1. The van der Waals surface area contributed by atoms with Crippen molar-refractivity contribution in [2.24, 2.45) is 0 Å². The number of hydrogen-bond donors (Lipinski definition) is 2. The molecule has 4 heteroatoms. The van der Waals surface area contributed by atoms with Gasteiger partial charge in [0.1, 0.15) is 6.29 Å². The Morgan fingerprint density at radius 1 is 1.47 bits per heavy atom. The van der Waals surface area contributed by atoms with Crippen molar-refractivity contribution in [1.29, 1.82) is 0 Å². The van der Waals surface area contributed by atoms with Crippen LogP contribution >= 0.6 is 0 Å². The van der Waals surface area contributed by atoms with Crippen LogP contribution in [0.15, 0.2) is 18.2 Å². The van der Waals surface area contributed by atoms with Crippen molar-refractivity contribution >= 4 is 17.9 Å². The molecule has 0 bridgehead atoms. The molecule has 1 heterocycles. The van der Waals surface area contributed by atoms with Gasteiger partial charge in [-0.25, -0.2) is 0 Å². The van der Waals surface area contributed by atoms with Crippen LogP contribution in [-0.2, 0) is 22.6 Å². The summed E-state index contributed by atoms with van der Waals surface area (Å²) in [5.41, 5.74) is 3.02. The molecule has 0 spiro atoms. The average molecular weight is 204 g/mol. The predicted molar refractivity (Wildman–Crippen MR) is 56.5 cm³/mol. The lowest BCUT2D eigenvalue weighted by atomic mass is 10.1. The van der Waals surface area contributed by atoms with E-state index in [1.165, 1.54) is 0 Å². The van der Waals surface area contributed by atoms with Gasteiger partial charge in [-0.2, -0.15) is 0 Å². The van der Waals surface area contributed by atoms with Gasteiger partial charge in [-0.1, -0.05) is 12.1 Å². The summed E-state index contributed by atoms with van der Waals surface area (Å²) in [5, 5.41) is 5.76. The minimum Gasteiger partial charge on any atom is -0.326 e. The van der Waals surface area contributed by atoms with Gasteiger partial charge in [0.05, 0.1) is 13.0 Å². The van der Waals surface area contributed by atoms with Crippen LogP contribution in [0.1, 0.15) is 11.1 Å². The van der Waals surface area contributed by atoms with Crippen molar-refractivity contribution in [1.82, 2.24) is 5.32 Å². The Hall–Kier alpha value is -1.68. The van der Waals surface area contributed by atoms with Crippen molar-refractivity contribution in [3.8, 4) is 0 Å². The molecule has 1 amide bonds.